The summed E-state index contributed by atoms with van der Waals surface area (Å²) in [6.45, 7) is 8.04. The van der Waals surface area contributed by atoms with Crippen molar-refractivity contribution < 1.29 is 0 Å². The Morgan fingerprint density at radius 3 is 2.00 bits per heavy atom. The fourth-order valence-electron chi connectivity index (χ4n) is 1.43. The van der Waals surface area contributed by atoms with Crippen LogP contribution in [0.15, 0.2) is 55.6 Å². The van der Waals surface area contributed by atoms with Crippen LogP contribution in [0.3, 0.4) is 0 Å². The zero-order chi connectivity index (χ0) is 16.3. The standard InChI is InChI=1S/C8H11N3.C7H9N.C2H4/c1-11-7-3-2-6(5-9)8(10)4-7;1-6-2-4-7(8)5-3-6;1-2/h2-5,9,11H,10H2,1H3;2-5H,8H2,1H3;1-2H2. The highest BCUT2D eigenvalue weighted by molar-refractivity contribution is 5.86. The van der Waals surface area contributed by atoms with Gasteiger partial charge in [-0.15, -0.1) is 13.2 Å². The number of nitrogens with one attached hydrogen (secondary N) is 2. The molecule has 2 rings (SSSR count). The molecule has 0 unspecified atom stereocenters. The van der Waals surface area contributed by atoms with Gasteiger partial charge in [-0.1, -0.05) is 17.7 Å². The molecule has 0 saturated heterocycles. The Morgan fingerprint density at radius 1 is 1.05 bits per heavy atom. The Morgan fingerprint density at radius 2 is 1.62 bits per heavy atom. The van der Waals surface area contributed by atoms with E-state index in [1.165, 1.54) is 11.8 Å². The molecular weight excluding hydrogens is 260 g/mol. The van der Waals surface area contributed by atoms with Crippen LogP contribution in [0.1, 0.15) is 11.1 Å². The monoisotopic (exact) mass is 284 g/mol. The third kappa shape index (κ3) is 6.82. The maximum absolute atomic E-state index is 6.99. The smallest absolute Gasteiger partial charge is 0.0423 e. The maximum Gasteiger partial charge on any atom is 0.0423 e. The molecule has 0 heterocycles. The van der Waals surface area contributed by atoms with Crippen molar-refractivity contribution in [2.24, 2.45) is 0 Å². The van der Waals surface area contributed by atoms with Gasteiger partial charge >= 0.3 is 0 Å². The zero-order valence-corrected chi connectivity index (χ0v) is 12.7. The minimum absolute atomic E-state index is 0.631. The SMILES string of the molecule is C=C.CNc1ccc(C=N)c(N)c1.Cc1ccc(N)cc1. The average Bonchev–Trinajstić information content (AvgIpc) is 2.52. The molecule has 0 aliphatic heterocycles. The molecule has 0 aromatic heterocycles. The number of benzene rings is 2. The molecule has 4 heteroatoms. The van der Waals surface area contributed by atoms with Gasteiger partial charge in [-0.3, -0.25) is 0 Å². The summed E-state index contributed by atoms with van der Waals surface area (Å²) in [7, 11) is 1.83. The summed E-state index contributed by atoms with van der Waals surface area (Å²) in [5.41, 5.74) is 15.5. The summed E-state index contributed by atoms with van der Waals surface area (Å²) in [5.74, 6) is 0. The first-order valence-electron chi connectivity index (χ1n) is 6.46. The van der Waals surface area contributed by atoms with E-state index in [0.717, 1.165) is 16.9 Å². The van der Waals surface area contributed by atoms with Crippen LogP contribution < -0.4 is 16.8 Å². The lowest BCUT2D eigenvalue weighted by Crippen LogP contribution is -1.95. The molecule has 2 aromatic carbocycles. The predicted molar refractivity (Wildman–Crippen MR) is 95.1 cm³/mol. The Balaban J connectivity index is 0.000000354. The van der Waals surface area contributed by atoms with Gasteiger partial charge in [0.25, 0.3) is 0 Å². The fourth-order valence-corrected chi connectivity index (χ4v) is 1.43. The van der Waals surface area contributed by atoms with E-state index in [4.69, 9.17) is 16.9 Å². The molecule has 0 radical (unpaired) electrons. The first-order valence-corrected chi connectivity index (χ1v) is 6.46. The molecule has 0 spiro atoms. The topological polar surface area (TPSA) is 87.9 Å². The van der Waals surface area contributed by atoms with Crippen molar-refractivity contribution in [2.45, 2.75) is 6.92 Å². The number of hydrogen-bond donors (Lipinski definition) is 4. The molecule has 2 aromatic rings. The highest BCUT2D eigenvalue weighted by atomic mass is 14.8. The average molecular weight is 284 g/mol. The third-order valence-electron chi connectivity index (χ3n) is 2.61. The van der Waals surface area contributed by atoms with Crippen LogP contribution in [0.2, 0.25) is 0 Å². The minimum Gasteiger partial charge on any atom is -0.399 e. The van der Waals surface area contributed by atoms with Crippen molar-refractivity contribution in [3.63, 3.8) is 0 Å². The summed E-state index contributed by atoms with van der Waals surface area (Å²) in [6, 6.07) is 13.3. The van der Waals surface area contributed by atoms with E-state index >= 15 is 0 Å². The van der Waals surface area contributed by atoms with Gasteiger partial charge in [0.15, 0.2) is 0 Å². The van der Waals surface area contributed by atoms with Gasteiger partial charge in [0.05, 0.1) is 0 Å². The maximum atomic E-state index is 6.99. The van der Waals surface area contributed by atoms with Gasteiger partial charge < -0.3 is 22.2 Å². The van der Waals surface area contributed by atoms with Gasteiger partial charge in [-0.05, 0) is 37.3 Å². The summed E-state index contributed by atoms with van der Waals surface area (Å²) in [6.07, 6.45) is 1.24. The molecule has 0 aliphatic carbocycles. The molecule has 21 heavy (non-hydrogen) atoms. The first-order chi connectivity index (χ1) is 10.1. The van der Waals surface area contributed by atoms with E-state index in [2.05, 4.69) is 18.5 Å². The molecule has 112 valence electrons. The zero-order valence-electron chi connectivity index (χ0n) is 12.7. The quantitative estimate of drug-likeness (QED) is 0.385. The molecule has 6 N–H and O–H groups in total. The molecular formula is C17H24N4. The van der Waals surface area contributed by atoms with Gasteiger partial charge in [0, 0.05) is 35.9 Å². The third-order valence-corrected chi connectivity index (χ3v) is 2.61. The highest BCUT2D eigenvalue weighted by Gasteiger charge is 1.95. The lowest BCUT2D eigenvalue weighted by molar-refractivity contribution is 1.47. The number of aryl methyl sites for hydroxylation is 1. The van der Waals surface area contributed by atoms with Crippen LogP contribution in [-0.2, 0) is 0 Å². The first kappa shape index (κ1) is 18.2. The largest absolute Gasteiger partial charge is 0.399 e. The van der Waals surface area contributed by atoms with E-state index in [1.54, 1.807) is 6.07 Å². The van der Waals surface area contributed by atoms with Crippen LogP contribution in [0.5, 0.6) is 0 Å². The van der Waals surface area contributed by atoms with Crippen molar-refractivity contribution in [1.29, 1.82) is 5.41 Å². The second-order valence-electron chi connectivity index (χ2n) is 4.15. The van der Waals surface area contributed by atoms with Gasteiger partial charge in [0.1, 0.15) is 0 Å². The van der Waals surface area contributed by atoms with Gasteiger partial charge in [-0.25, -0.2) is 0 Å². The highest BCUT2D eigenvalue weighted by Crippen LogP contribution is 2.15. The van der Waals surface area contributed by atoms with E-state index < -0.39 is 0 Å². The predicted octanol–water partition coefficient (Wildman–Crippen LogP) is 3.69. The second kappa shape index (κ2) is 10.1. The van der Waals surface area contributed by atoms with Crippen LogP contribution >= 0.6 is 0 Å². The Bertz CT molecular complexity index is 526. The van der Waals surface area contributed by atoms with Crippen molar-refractivity contribution in [3.8, 4) is 0 Å². The lowest BCUT2D eigenvalue weighted by Gasteiger charge is -2.02. The summed E-state index contributed by atoms with van der Waals surface area (Å²) < 4.78 is 0. The van der Waals surface area contributed by atoms with Crippen LogP contribution in [0.25, 0.3) is 0 Å². The number of nitrogen functional groups attached to an aromatic ring is 2. The fraction of sp³-hybridized carbons (Fsp3) is 0.118. The molecule has 0 atom stereocenters. The number of nitrogens with two attached hydrogens (primary N) is 2. The summed E-state index contributed by atoms with van der Waals surface area (Å²) in [5, 5.41) is 9.95. The van der Waals surface area contributed by atoms with Gasteiger partial charge in [-0.2, -0.15) is 0 Å². The van der Waals surface area contributed by atoms with E-state index in [9.17, 15) is 0 Å². The van der Waals surface area contributed by atoms with E-state index in [-0.39, 0.29) is 0 Å². The second-order valence-corrected chi connectivity index (χ2v) is 4.15. The molecule has 4 nitrogen and oxygen atoms in total. The van der Waals surface area contributed by atoms with Crippen LogP contribution in [-0.4, -0.2) is 13.3 Å². The van der Waals surface area contributed by atoms with E-state index in [1.807, 2.05) is 50.4 Å². The van der Waals surface area contributed by atoms with Gasteiger partial charge in [0.2, 0.25) is 0 Å². The normalized spacial score (nSPS) is 8.48. The molecule has 0 aliphatic rings. The van der Waals surface area contributed by atoms with Crippen molar-refractivity contribution >= 4 is 23.3 Å². The van der Waals surface area contributed by atoms with Crippen molar-refractivity contribution in [2.75, 3.05) is 23.8 Å². The summed E-state index contributed by atoms with van der Waals surface area (Å²) in [4.78, 5) is 0. The van der Waals surface area contributed by atoms with E-state index in [0.29, 0.717) is 5.69 Å². The Kier molecular flexibility index (Phi) is 8.77. The summed E-state index contributed by atoms with van der Waals surface area (Å²) >= 11 is 0. The van der Waals surface area contributed by atoms with Crippen LogP contribution in [0.4, 0.5) is 17.1 Å². The number of rotatable bonds is 2. The minimum atomic E-state index is 0.631. The molecule has 0 saturated carbocycles. The number of anilines is 3. The van der Waals surface area contributed by atoms with Crippen molar-refractivity contribution in [1.82, 2.24) is 0 Å². The molecule has 0 fully saturated rings. The molecule has 0 bridgehead atoms. The lowest BCUT2D eigenvalue weighted by atomic mass is 10.2. The number of hydrogen-bond acceptors (Lipinski definition) is 4. The Hall–Kier alpha value is -2.75. The molecule has 0 amide bonds. The Labute approximate surface area is 127 Å². The van der Waals surface area contributed by atoms with Crippen molar-refractivity contribution in [3.05, 3.63) is 66.7 Å². The van der Waals surface area contributed by atoms with Crippen LogP contribution in [0, 0.1) is 12.3 Å².